The number of anilines is 2. The van der Waals surface area contributed by atoms with Gasteiger partial charge >= 0.3 is 15.6 Å². The first-order chi connectivity index (χ1) is 25.6. The summed E-state index contributed by atoms with van der Waals surface area (Å²) in [7, 11) is -10.7. The zero-order valence-corrected chi connectivity index (χ0v) is 31.7. The van der Waals surface area contributed by atoms with Crippen molar-refractivity contribution in [3.63, 3.8) is 0 Å². The minimum Gasteiger partial charge on any atom is -0.395 e. The zero-order chi connectivity index (χ0) is 38.5. The first-order valence-corrected chi connectivity index (χ1v) is 21.9. The van der Waals surface area contributed by atoms with Crippen LogP contribution in [0.5, 0.6) is 0 Å². The topological polar surface area (TPSA) is 329 Å². The lowest BCUT2D eigenvalue weighted by atomic mass is 9.60. The van der Waals surface area contributed by atoms with E-state index in [0.717, 1.165) is 0 Å². The molecular formula is C28H36N10O12P2S2. The van der Waals surface area contributed by atoms with E-state index in [1.54, 1.807) is 27.7 Å². The first-order valence-electron chi connectivity index (χ1n) is 16.4. The summed E-state index contributed by atoms with van der Waals surface area (Å²) in [6, 6.07) is -1.49. The van der Waals surface area contributed by atoms with E-state index in [2.05, 4.69) is 39.7 Å². The van der Waals surface area contributed by atoms with Gasteiger partial charge in [0.05, 0.1) is 50.2 Å². The third-order valence-corrected chi connectivity index (χ3v) is 14.5. The predicted octanol–water partition coefficient (Wildman–Crippen LogP) is 0.384. The zero-order valence-electron chi connectivity index (χ0n) is 28.3. The Morgan fingerprint density at radius 1 is 0.963 bits per heavy atom. The number of nitrogens with one attached hydrogen (secondary N) is 1. The van der Waals surface area contributed by atoms with Gasteiger partial charge in [-0.3, -0.25) is 9.36 Å². The summed E-state index contributed by atoms with van der Waals surface area (Å²) in [5.41, 5.74) is 7.89. The number of thioether (sulfide) groups is 2. The molecule has 4 aromatic heterocycles. The second-order valence-electron chi connectivity index (χ2n) is 13.7. The molecule has 4 aromatic rings. The van der Waals surface area contributed by atoms with E-state index in [-0.39, 0.29) is 40.9 Å². The summed E-state index contributed by atoms with van der Waals surface area (Å²) in [5.74, 6) is -0.729. The molecule has 0 spiro atoms. The number of hydrogen-bond acceptors (Lipinski definition) is 19. The van der Waals surface area contributed by atoms with Crippen molar-refractivity contribution in [3.05, 3.63) is 24.8 Å². The van der Waals surface area contributed by atoms with Crippen LogP contribution in [0.3, 0.4) is 0 Å². The van der Waals surface area contributed by atoms with E-state index in [0.29, 0.717) is 22.9 Å². The van der Waals surface area contributed by atoms with Gasteiger partial charge in [-0.15, -0.1) is 0 Å². The van der Waals surface area contributed by atoms with E-state index < -0.39 is 81.4 Å². The van der Waals surface area contributed by atoms with Gasteiger partial charge in [-0.1, -0.05) is 35.7 Å². The molecule has 11 atom stereocenters. The number of aromatic nitrogens is 8. The van der Waals surface area contributed by atoms with Crippen molar-refractivity contribution >= 4 is 73.1 Å². The summed E-state index contributed by atoms with van der Waals surface area (Å²) < 4.78 is 36.3. The molecule has 4 aliphatic rings. The van der Waals surface area contributed by atoms with Crippen LogP contribution in [-0.2, 0) is 22.8 Å². The molecule has 3 saturated carbocycles. The number of fused-ring (bicyclic) bond motifs is 4. The Kier molecular flexibility index (Phi) is 9.46. The van der Waals surface area contributed by atoms with Gasteiger partial charge in [0.1, 0.15) is 17.7 Å². The van der Waals surface area contributed by atoms with E-state index >= 15 is 0 Å². The van der Waals surface area contributed by atoms with Gasteiger partial charge in [-0.2, -0.15) is 4.31 Å². The maximum Gasteiger partial charge on any atom is 0.481 e. The highest BCUT2D eigenvalue weighted by Gasteiger charge is 2.67. The number of allylic oxidation sites excluding steroid dienone is 1. The number of nitrogens with zero attached hydrogens (tertiary/aromatic N) is 8. The van der Waals surface area contributed by atoms with Crippen molar-refractivity contribution in [3.8, 4) is 0 Å². The monoisotopic (exact) mass is 830 g/mol. The van der Waals surface area contributed by atoms with Gasteiger partial charge in [-0.25, -0.2) is 44.5 Å². The average Bonchev–Trinajstić information content (AvgIpc) is 3.78. The molecule has 4 heterocycles. The Morgan fingerprint density at radius 3 is 2.19 bits per heavy atom. The van der Waals surface area contributed by atoms with Crippen molar-refractivity contribution in [2.45, 2.75) is 59.7 Å². The van der Waals surface area contributed by atoms with Gasteiger partial charge in [0.15, 0.2) is 38.8 Å². The lowest BCUT2D eigenvalue weighted by Gasteiger charge is -2.47. The number of phosphoric acid groups is 2. The van der Waals surface area contributed by atoms with Gasteiger partial charge in [0, 0.05) is 16.7 Å². The standard InChI is InChI=1S/C28H36N10O12P2S2/c1-53-25-32-21(29)13-23(34-25)38(9-30-13)16-12-4-6-28(12,8-48-52(46,47)50-51(43,44)45)20(42)18(16)49-36-22-14-24(35-26(33-22)54-2)37(10-31-14)15-11-3-5-27(11,7-39)19(41)17(15)40/h3,5,9-12,15-20,39-42H,4,6-8H2,1-2H3,(H,46,47)(H2,29,32,34)(H,33,35,36)(H2,43,44,45)/t11-,12-,15-,16-,17+,18+,19+,20+,27+,28+/m1/s1. The number of rotatable bonds is 13. The normalized spacial score (nSPS) is 34.1. The average molecular weight is 831 g/mol. The number of aliphatic hydroxyl groups excluding tert-OH is 4. The second kappa shape index (κ2) is 13.4. The van der Waals surface area contributed by atoms with E-state index in [9.17, 15) is 34.4 Å². The van der Waals surface area contributed by atoms with Crippen molar-refractivity contribution < 1.29 is 57.9 Å². The Balaban J connectivity index is 1.16. The van der Waals surface area contributed by atoms with Crippen LogP contribution in [0.15, 0.2) is 35.1 Å². The van der Waals surface area contributed by atoms with Gasteiger partial charge in [0.25, 0.3) is 0 Å². The molecule has 1 unspecified atom stereocenters. The highest BCUT2D eigenvalue weighted by molar-refractivity contribution is 7.98. The smallest absolute Gasteiger partial charge is 0.395 e. The number of nitrogens with two attached hydrogens (primary N) is 1. The van der Waals surface area contributed by atoms with Crippen molar-refractivity contribution in [1.29, 1.82) is 0 Å². The van der Waals surface area contributed by atoms with E-state index in [1.165, 1.54) is 36.2 Å². The number of imidazole rings is 2. The fourth-order valence-corrected chi connectivity index (χ4v) is 10.9. The third-order valence-electron chi connectivity index (χ3n) is 11.2. The predicted molar refractivity (Wildman–Crippen MR) is 189 cm³/mol. The summed E-state index contributed by atoms with van der Waals surface area (Å²) in [6.07, 6.45) is 5.60. The summed E-state index contributed by atoms with van der Waals surface area (Å²) in [6.45, 7) is -1.00. The highest BCUT2D eigenvalue weighted by atomic mass is 32.2. The van der Waals surface area contributed by atoms with Crippen LogP contribution in [0, 0.1) is 22.7 Å². The van der Waals surface area contributed by atoms with Crippen LogP contribution in [0.25, 0.3) is 22.3 Å². The van der Waals surface area contributed by atoms with Crippen LogP contribution < -0.4 is 11.2 Å². The second-order valence-corrected chi connectivity index (χ2v) is 18.1. The number of nitrogen functional groups attached to an aromatic ring is 1. The van der Waals surface area contributed by atoms with Gasteiger partial charge < -0.3 is 50.0 Å². The Bertz CT molecular complexity index is 2260. The molecular weight excluding hydrogens is 794 g/mol. The molecule has 10 N–H and O–H groups in total. The van der Waals surface area contributed by atoms with E-state index in [1.807, 2.05) is 6.08 Å². The minimum atomic E-state index is -5.42. The lowest BCUT2D eigenvalue weighted by Crippen LogP contribution is -2.49. The lowest BCUT2D eigenvalue weighted by molar-refractivity contribution is -0.102. The molecule has 8 rings (SSSR count). The Morgan fingerprint density at radius 2 is 1.61 bits per heavy atom. The third kappa shape index (κ3) is 5.82. The maximum atomic E-state index is 12.5. The SMILES string of the molecule is CSc1nc(NO[C@H]2[C@H](n3cnc4c(N)nc(SC)nc43)[C@H]3CC[C@@]3(COP(=O)(O)OP(=O)(O)O)[C@H]2O)c2ncn([C@H]3[C@H](O)[C@H](O)[C@]4(CO)C=C[C@H]34)c2n1. The largest absolute Gasteiger partial charge is 0.481 e. The van der Waals surface area contributed by atoms with Crippen LogP contribution in [-0.4, -0.2) is 124 Å². The molecule has 0 saturated heterocycles. The van der Waals surface area contributed by atoms with Crippen molar-refractivity contribution in [2.24, 2.45) is 22.7 Å². The van der Waals surface area contributed by atoms with E-state index in [4.69, 9.17) is 24.9 Å². The molecule has 0 bridgehead atoms. The fourth-order valence-electron chi connectivity index (χ4n) is 8.53. The molecule has 292 valence electrons. The fraction of sp³-hybridized carbons (Fsp3) is 0.571. The van der Waals surface area contributed by atoms with Gasteiger partial charge in [-0.05, 0) is 31.3 Å². The first kappa shape index (κ1) is 38.1. The molecule has 22 nitrogen and oxygen atoms in total. The van der Waals surface area contributed by atoms with Crippen LogP contribution in [0.1, 0.15) is 24.9 Å². The minimum absolute atomic E-state index is 0.0887. The maximum absolute atomic E-state index is 12.5. The molecule has 0 radical (unpaired) electrons. The van der Waals surface area contributed by atoms with Crippen molar-refractivity contribution in [2.75, 3.05) is 36.9 Å². The van der Waals surface area contributed by atoms with Crippen LogP contribution >= 0.6 is 39.2 Å². The molecule has 0 aromatic carbocycles. The summed E-state index contributed by atoms with van der Waals surface area (Å²) in [4.78, 5) is 61.7. The molecule has 54 heavy (non-hydrogen) atoms. The van der Waals surface area contributed by atoms with Crippen LogP contribution in [0.4, 0.5) is 11.6 Å². The Labute approximate surface area is 313 Å². The molecule has 0 amide bonds. The van der Waals surface area contributed by atoms with Gasteiger partial charge in [0.2, 0.25) is 0 Å². The number of hydrogen-bond donors (Lipinski definition) is 9. The highest BCUT2D eigenvalue weighted by Crippen LogP contribution is 2.66. The number of phosphoric ester groups is 1. The summed E-state index contributed by atoms with van der Waals surface area (Å²) >= 11 is 2.46. The summed E-state index contributed by atoms with van der Waals surface area (Å²) in [5, 5.41) is 44.8. The van der Waals surface area contributed by atoms with Crippen molar-refractivity contribution in [1.82, 2.24) is 39.0 Å². The Hall–Kier alpha value is -2.80. The van der Waals surface area contributed by atoms with Crippen LogP contribution in [0.2, 0.25) is 0 Å². The quantitative estimate of drug-likeness (QED) is 0.0289. The number of aliphatic hydroxyl groups is 4. The molecule has 3 fully saturated rings. The molecule has 4 aliphatic carbocycles. The molecule has 26 heteroatoms. The molecule has 0 aliphatic heterocycles.